The average molecular weight is 381 g/mol. The molecule has 5 heteroatoms. The van der Waals surface area contributed by atoms with Crippen LogP contribution in [0.15, 0.2) is 53.9 Å². The number of nitrogens with zero attached hydrogens (tertiary/aromatic N) is 2. The fourth-order valence-electron chi connectivity index (χ4n) is 2.74. The molecule has 0 fully saturated rings. The molecule has 0 saturated heterocycles. The minimum absolute atomic E-state index is 0.0855. The van der Waals surface area contributed by atoms with Crippen molar-refractivity contribution in [1.82, 2.24) is 9.88 Å². The second kappa shape index (κ2) is 8.82. The maximum Gasteiger partial charge on any atom is 0.227 e. The van der Waals surface area contributed by atoms with E-state index in [2.05, 4.69) is 24.9 Å². The summed E-state index contributed by atoms with van der Waals surface area (Å²) >= 11 is 1.56. The van der Waals surface area contributed by atoms with Crippen LogP contribution in [0.3, 0.4) is 0 Å². The van der Waals surface area contributed by atoms with Gasteiger partial charge in [-0.1, -0.05) is 42.5 Å². The van der Waals surface area contributed by atoms with Crippen LogP contribution in [-0.4, -0.2) is 22.8 Å². The Bertz CT molecular complexity index is 906. The van der Waals surface area contributed by atoms with Crippen LogP contribution >= 0.6 is 11.3 Å². The summed E-state index contributed by atoms with van der Waals surface area (Å²) < 4.78 is 5.92. The van der Waals surface area contributed by atoms with E-state index in [-0.39, 0.29) is 5.91 Å². The van der Waals surface area contributed by atoms with Gasteiger partial charge in [0.1, 0.15) is 17.4 Å². The monoisotopic (exact) mass is 380 g/mol. The van der Waals surface area contributed by atoms with Gasteiger partial charge in [-0.15, -0.1) is 11.3 Å². The standard InChI is InChI=1S/C22H24N2O2S/c1-16-8-7-11-20(17(16)2)26-14-21-23-19(15-27-21)13-24(3)22(25)12-18-9-5-4-6-10-18/h4-11,15H,12-14H2,1-3H3. The molecule has 3 aromatic rings. The van der Waals surface area contributed by atoms with Crippen molar-refractivity contribution in [2.75, 3.05) is 7.05 Å². The molecule has 3 rings (SSSR count). The summed E-state index contributed by atoms with van der Waals surface area (Å²) in [6.07, 6.45) is 0.407. The maximum absolute atomic E-state index is 12.4. The lowest BCUT2D eigenvalue weighted by Gasteiger charge is -2.15. The minimum Gasteiger partial charge on any atom is -0.486 e. The lowest BCUT2D eigenvalue weighted by atomic mass is 10.1. The molecule has 4 nitrogen and oxygen atoms in total. The molecule has 0 spiro atoms. The summed E-state index contributed by atoms with van der Waals surface area (Å²) in [7, 11) is 1.82. The number of aromatic nitrogens is 1. The van der Waals surface area contributed by atoms with E-state index < -0.39 is 0 Å². The maximum atomic E-state index is 12.4. The number of hydrogen-bond acceptors (Lipinski definition) is 4. The normalized spacial score (nSPS) is 10.6. The molecule has 140 valence electrons. The topological polar surface area (TPSA) is 42.4 Å². The molecule has 27 heavy (non-hydrogen) atoms. The molecule has 0 aliphatic carbocycles. The van der Waals surface area contributed by atoms with Crippen molar-refractivity contribution in [3.8, 4) is 5.75 Å². The lowest BCUT2D eigenvalue weighted by Crippen LogP contribution is -2.27. The number of likely N-dealkylation sites (N-methyl/N-ethyl adjacent to an activating group) is 1. The van der Waals surface area contributed by atoms with Crippen LogP contribution in [0.25, 0.3) is 0 Å². The van der Waals surface area contributed by atoms with Gasteiger partial charge in [0.05, 0.1) is 18.7 Å². The summed E-state index contributed by atoms with van der Waals surface area (Å²) in [6.45, 7) is 5.08. The van der Waals surface area contributed by atoms with Gasteiger partial charge in [-0.3, -0.25) is 4.79 Å². The van der Waals surface area contributed by atoms with Gasteiger partial charge < -0.3 is 9.64 Å². The Kier molecular flexibility index (Phi) is 6.24. The number of rotatable bonds is 7. The van der Waals surface area contributed by atoms with Gasteiger partial charge in [-0.05, 0) is 36.6 Å². The fourth-order valence-corrected chi connectivity index (χ4v) is 3.44. The van der Waals surface area contributed by atoms with Crippen LogP contribution in [0, 0.1) is 13.8 Å². The van der Waals surface area contributed by atoms with Gasteiger partial charge in [0.15, 0.2) is 0 Å². The molecule has 0 atom stereocenters. The van der Waals surface area contributed by atoms with Gasteiger partial charge in [-0.2, -0.15) is 0 Å². The van der Waals surface area contributed by atoms with Crippen molar-refractivity contribution in [1.29, 1.82) is 0 Å². The summed E-state index contributed by atoms with van der Waals surface area (Å²) in [5, 5.41) is 2.91. The van der Waals surface area contributed by atoms with Crippen molar-refractivity contribution in [2.24, 2.45) is 0 Å². The molecule has 0 radical (unpaired) electrons. The predicted octanol–water partition coefficient (Wildman–Crippen LogP) is 4.54. The highest BCUT2D eigenvalue weighted by atomic mass is 32.1. The van der Waals surface area contributed by atoms with E-state index in [1.165, 1.54) is 5.56 Å². The van der Waals surface area contributed by atoms with Crippen molar-refractivity contribution in [3.63, 3.8) is 0 Å². The van der Waals surface area contributed by atoms with Crippen molar-refractivity contribution in [3.05, 3.63) is 81.3 Å². The third kappa shape index (κ3) is 5.17. The molecular formula is C22H24N2O2S. The number of thiazole rings is 1. The van der Waals surface area contributed by atoms with E-state index in [4.69, 9.17) is 4.74 Å². The van der Waals surface area contributed by atoms with Gasteiger partial charge >= 0.3 is 0 Å². The minimum atomic E-state index is 0.0855. The third-order valence-corrected chi connectivity index (χ3v) is 5.40. The van der Waals surface area contributed by atoms with Crippen molar-refractivity contribution in [2.45, 2.75) is 33.4 Å². The Morgan fingerprint density at radius 2 is 1.89 bits per heavy atom. The number of carbonyl (C=O) groups excluding carboxylic acids is 1. The Balaban J connectivity index is 1.54. The van der Waals surface area contributed by atoms with Crippen LogP contribution in [0.1, 0.15) is 27.4 Å². The summed E-state index contributed by atoms with van der Waals surface area (Å²) in [4.78, 5) is 18.7. The molecule has 2 aromatic carbocycles. The first kappa shape index (κ1) is 19.1. The molecule has 0 aliphatic heterocycles. The van der Waals surface area contributed by atoms with Gasteiger partial charge in [0.2, 0.25) is 5.91 Å². The molecular weight excluding hydrogens is 356 g/mol. The van der Waals surface area contributed by atoms with E-state index in [0.717, 1.165) is 27.6 Å². The van der Waals surface area contributed by atoms with Gasteiger partial charge in [0, 0.05) is 12.4 Å². The summed E-state index contributed by atoms with van der Waals surface area (Å²) in [6, 6.07) is 15.8. The van der Waals surface area contributed by atoms with Crippen LogP contribution in [0.2, 0.25) is 0 Å². The smallest absolute Gasteiger partial charge is 0.227 e. The van der Waals surface area contributed by atoms with E-state index in [9.17, 15) is 4.79 Å². The van der Waals surface area contributed by atoms with E-state index in [1.807, 2.05) is 54.9 Å². The zero-order valence-corrected chi connectivity index (χ0v) is 16.8. The lowest BCUT2D eigenvalue weighted by molar-refractivity contribution is -0.129. The second-order valence-electron chi connectivity index (χ2n) is 6.63. The first-order valence-corrected chi connectivity index (χ1v) is 9.81. The van der Waals surface area contributed by atoms with E-state index in [0.29, 0.717) is 19.6 Å². The zero-order chi connectivity index (χ0) is 19.2. The Labute approximate surface area is 164 Å². The van der Waals surface area contributed by atoms with Gasteiger partial charge in [-0.25, -0.2) is 4.98 Å². The number of amides is 1. The Morgan fingerprint density at radius 1 is 1.11 bits per heavy atom. The fraction of sp³-hybridized carbons (Fsp3) is 0.273. The van der Waals surface area contributed by atoms with Crippen LogP contribution in [0.4, 0.5) is 0 Å². The van der Waals surface area contributed by atoms with Crippen LogP contribution < -0.4 is 4.74 Å². The number of aryl methyl sites for hydroxylation is 1. The molecule has 0 saturated carbocycles. The van der Waals surface area contributed by atoms with E-state index in [1.54, 1.807) is 16.2 Å². The second-order valence-corrected chi connectivity index (χ2v) is 7.57. The number of hydrogen-bond donors (Lipinski definition) is 0. The first-order valence-electron chi connectivity index (χ1n) is 8.93. The van der Waals surface area contributed by atoms with Gasteiger partial charge in [0.25, 0.3) is 0 Å². The highest BCUT2D eigenvalue weighted by Gasteiger charge is 2.12. The average Bonchev–Trinajstić information content (AvgIpc) is 3.11. The third-order valence-electron chi connectivity index (χ3n) is 4.53. The molecule has 0 N–H and O–H groups in total. The number of ether oxygens (including phenoxy) is 1. The highest BCUT2D eigenvalue weighted by molar-refractivity contribution is 7.09. The SMILES string of the molecule is Cc1cccc(OCc2nc(CN(C)C(=O)Cc3ccccc3)cs2)c1C. The summed E-state index contributed by atoms with van der Waals surface area (Å²) in [5.41, 5.74) is 4.28. The molecule has 0 unspecified atom stereocenters. The zero-order valence-electron chi connectivity index (χ0n) is 15.9. The summed E-state index contributed by atoms with van der Waals surface area (Å²) in [5.74, 6) is 0.976. The molecule has 1 amide bonds. The molecule has 1 heterocycles. The molecule has 1 aromatic heterocycles. The highest BCUT2D eigenvalue weighted by Crippen LogP contribution is 2.22. The molecule has 0 bridgehead atoms. The van der Waals surface area contributed by atoms with Crippen molar-refractivity contribution >= 4 is 17.2 Å². The predicted molar refractivity (Wildman–Crippen MR) is 109 cm³/mol. The van der Waals surface area contributed by atoms with Crippen LogP contribution in [0.5, 0.6) is 5.75 Å². The van der Waals surface area contributed by atoms with E-state index >= 15 is 0 Å². The first-order chi connectivity index (χ1) is 13.0. The largest absolute Gasteiger partial charge is 0.486 e. The Morgan fingerprint density at radius 3 is 2.67 bits per heavy atom. The quantitative estimate of drug-likeness (QED) is 0.604. The molecule has 0 aliphatic rings. The van der Waals surface area contributed by atoms with Crippen LogP contribution in [-0.2, 0) is 24.4 Å². The number of benzene rings is 2. The Hall–Kier alpha value is -2.66. The van der Waals surface area contributed by atoms with Crippen molar-refractivity contribution < 1.29 is 9.53 Å². The number of carbonyl (C=O) groups is 1.